The lowest BCUT2D eigenvalue weighted by Gasteiger charge is -2.33. The van der Waals surface area contributed by atoms with Gasteiger partial charge in [0, 0.05) is 12.1 Å². The first-order chi connectivity index (χ1) is 19.4. The highest BCUT2D eigenvalue weighted by Crippen LogP contribution is 2.33. The van der Waals surface area contributed by atoms with Gasteiger partial charge in [-0.2, -0.15) is 0 Å². The van der Waals surface area contributed by atoms with Gasteiger partial charge in [-0.05, 0) is 76.6 Å². The van der Waals surface area contributed by atoms with Gasteiger partial charge in [0.05, 0.1) is 24.3 Å². The minimum Gasteiger partial charge on any atom is -0.497 e. The summed E-state index contributed by atoms with van der Waals surface area (Å²) in [6, 6.07) is 20.8. The van der Waals surface area contributed by atoms with Crippen molar-refractivity contribution >= 4 is 27.5 Å². The molecule has 0 fully saturated rings. The third kappa shape index (κ3) is 8.23. The summed E-state index contributed by atoms with van der Waals surface area (Å²) < 4.78 is 40.1. The van der Waals surface area contributed by atoms with Crippen LogP contribution in [-0.4, -0.2) is 57.0 Å². The molecule has 0 aliphatic rings. The van der Waals surface area contributed by atoms with Crippen LogP contribution < -0.4 is 19.1 Å². The second-order valence-corrected chi connectivity index (χ2v) is 12.4. The number of hydrogen-bond donors (Lipinski definition) is 1. The van der Waals surface area contributed by atoms with E-state index in [-0.39, 0.29) is 23.0 Å². The predicted octanol–water partition coefficient (Wildman–Crippen LogP) is 4.62. The van der Waals surface area contributed by atoms with Gasteiger partial charge in [-0.25, -0.2) is 8.42 Å². The molecule has 10 heteroatoms. The van der Waals surface area contributed by atoms with Crippen molar-refractivity contribution in [1.29, 1.82) is 0 Å². The molecule has 0 saturated heterocycles. The average molecular weight is 582 g/mol. The first-order valence-corrected chi connectivity index (χ1v) is 14.9. The normalized spacial score (nSPS) is 12.2. The van der Waals surface area contributed by atoms with Gasteiger partial charge >= 0.3 is 0 Å². The van der Waals surface area contributed by atoms with Crippen LogP contribution in [-0.2, 0) is 26.2 Å². The number of carbonyl (C=O) groups excluding carboxylic acids is 2. The molecule has 1 N–H and O–H groups in total. The summed E-state index contributed by atoms with van der Waals surface area (Å²) in [5, 5.41) is 2.92. The van der Waals surface area contributed by atoms with E-state index < -0.39 is 34.1 Å². The molecular weight excluding hydrogens is 542 g/mol. The molecule has 2 amide bonds. The maximum absolute atomic E-state index is 14.1. The van der Waals surface area contributed by atoms with Crippen molar-refractivity contribution in [3.63, 3.8) is 0 Å². The van der Waals surface area contributed by atoms with Crippen molar-refractivity contribution in [2.24, 2.45) is 0 Å². The van der Waals surface area contributed by atoms with Crippen LogP contribution >= 0.6 is 0 Å². The zero-order valence-electron chi connectivity index (χ0n) is 24.5. The summed E-state index contributed by atoms with van der Waals surface area (Å²) in [5.74, 6) is -0.00286. The lowest BCUT2D eigenvalue weighted by atomic mass is 10.1. The van der Waals surface area contributed by atoms with Crippen LogP contribution in [0.15, 0.2) is 83.8 Å². The lowest BCUT2D eigenvalue weighted by Crippen LogP contribution is -2.54. The number of nitrogens with zero attached hydrogens (tertiary/aromatic N) is 2. The first kappa shape index (κ1) is 31.5. The van der Waals surface area contributed by atoms with E-state index in [2.05, 4.69) is 5.32 Å². The summed E-state index contributed by atoms with van der Waals surface area (Å²) >= 11 is 0. The fraction of sp³-hybridized carbons (Fsp3) is 0.355. The third-order valence-corrected chi connectivity index (χ3v) is 7.97. The summed E-state index contributed by atoms with van der Waals surface area (Å²) in [4.78, 5) is 28.8. The lowest BCUT2D eigenvalue weighted by molar-refractivity contribution is -0.140. The average Bonchev–Trinajstić information content (AvgIpc) is 2.94. The Morgan fingerprint density at radius 1 is 0.951 bits per heavy atom. The molecule has 0 unspecified atom stereocenters. The molecule has 41 heavy (non-hydrogen) atoms. The van der Waals surface area contributed by atoms with Crippen LogP contribution in [0.4, 0.5) is 5.69 Å². The number of anilines is 1. The molecular formula is C31H39N3O6S. The second-order valence-electron chi connectivity index (χ2n) is 10.5. The van der Waals surface area contributed by atoms with E-state index in [1.807, 2.05) is 26.8 Å². The Hall–Kier alpha value is -4.05. The van der Waals surface area contributed by atoms with Crippen LogP contribution in [0, 0.1) is 0 Å². The van der Waals surface area contributed by atoms with Crippen LogP contribution in [0.5, 0.6) is 11.5 Å². The van der Waals surface area contributed by atoms with E-state index in [1.165, 1.54) is 17.0 Å². The summed E-state index contributed by atoms with van der Waals surface area (Å²) in [6.07, 6.45) is 0. The molecule has 0 aliphatic heterocycles. The largest absolute Gasteiger partial charge is 0.497 e. The molecule has 0 bridgehead atoms. The Kier molecular flexibility index (Phi) is 10.4. The van der Waals surface area contributed by atoms with Crippen LogP contribution in [0.2, 0.25) is 0 Å². The molecule has 220 valence electrons. The fourth-order valence-electron chi connectivity index (χ4n) is 4.20. The van der Waals surface area contributed by atoms with E-state index >= 15 is 0 Å². The van der Waals surface area contributed by atoms with Gasteiger partial charge in [-0.3, -0.25) is 13.9 Å². The number of benzene rings is 3. The van der Waals surface area contributed by atoms with Crippen LogP contribution in [0.3, 0.4) is 0 Å². The summed E-state index contributed by atoms with van der Waals surface area (Å²) in [7, 11) is -2.65. The number of ether oxygens (including phenoxy) is 2. The van der Waals surface area contributed by atoms with Gasteiger partial charge in [0.1, 0.15) is 24.1 Å². The maximum atomic E-state index is 14.1. The Balaban J connectivity index is 2.08. The minimum absolute atomic E-state index is 0.0250. The number of para-hydroxylation sites is 2. The fourth-order valence-corrected chi connectivity index (χ4v) is 5.64. The molecule has 3 aromatic rings. The SMILES string of the molecule is CCOc1ccccc1N(CC(=O)N(Cc1cccc(OC)c1)[C@H](C)C(=O)NC(C)(C)C)S(=O)(=O)c1ccccc1. The van der Waals surface area contributed by atoms with E-state index in [0.29, 0.717) is 18.1 Å². The predicted molar refractivity (Wildman–Crippen MR) is 159 cm³/mol. The highest BCUT2D eigenvalue weighted by Gasteiger charge is 2.34. The topological polar surface area (TPSA) is 105 Å². The van der Waals surface area contributed by atoms with Gasteiger partial charge in [0.2, 0.25) is 11.8 Å². The molecule has 9 nitrogen and oxygen atoms in total. The molecule has 0 aromatic heterocycles. The smallest absolute Gasteiger partial charge is 0.264 e. The first-order valence-electron chi connectivity index (χ1n) is 13.4. The number of methoxy groups -OCH3 is 1. The van der Waals surface area contributed by atoms with Crippen molar-refractivity contribution in [3.8, 4) is 11.5 Å². The number of rotatable bonds is 12. The van der Waals surface area contributed by atoms with Crippen molar-refractivity contribution < 1.29 is 27.5 Å². The Bertz CT molecular complexity index is 1440. The second kappa shape index (κ2) is 13.5. The van der Waals surface area contributed by atoms with Crippen molar-refractivity contribution in [1.82, 2.24) is 10.2 Å². The molecule has 0 heterocycles. The molecule has 3 rings (SSSR count). The summed E-state index contributed by atoms with van der Waals surface area (Å²) in [6.45, 7) is 8.78. The highest BCUT2D eigenvalue weighted by molar-refractivity contribution is 7.92. The van der Waals surface area contributed by atoms with E-state index in [1.54, 1.807) is 81.6 Å². The zero-order chi connectivity index (χ0) is 30.2. The number of nitrogens with one attached hydrogen (secondary N) is 1. The molecule has 0 aliphatic carbocycles. The molecule has 3 aromatic carbocycles. The monoisotopic (exact) mass is 581 g/mol. The quantitative estimate of drug-likeness (QED) is 0.335. The van der Waals surface area contributed by atoms with E-state index in [0.717, 1.165) is 9.87 Å². The standard InChI is InChI=1S/C31H39N3O6S/c1-7-40-28-19-12-11-18-27(28)34(41(37,38)26-16-9-8-10-17-26)22-29(35)33(23(2)30(36)32-31(3,4)5)21-24-14-13-15-25(20-24)39-6/h8-20,23H,7,21-22H2,1-6H3,(H,32,36)/t23-/m1/s1. The van der Waals surface area contributed by atoms with Gasteiger partial charge < -0.3 is 19.7 Å². The molecule has 1 atom stereocenters. The Labute approximate surface area is 243 Å². The molecule has 0 radical (unpaired) electrons. The van der Waals surface area contributed by atoms with E-state index in [4.69, 9.17) is 9.47 Å². The Morgan fingerprint density at radius 2 is 1.61 bits per heavy atom. The van der Waals surface area contributed by atoms with Gasteiger partial charge in [0.25, 0.3) is 10.0 Å². The minimum atomic E-state index is -4.20. The molecule has 0 spiro atoms. The van der Waals surface area contributed by atoms with Gasteiger partial charge in [-0.15, -0.1) is 0 Å². The third-order valence-electron chi connectivity index (χ3n) is 6.20. The van der Waals surface area contributed by atoms with Crippen molar-refractivity contribution in [2.75, 3.05) is 24.6 Å². The number of hydrogen-bond acceptors (Lipinski definition) is 6. The van der Waals surface area contributed by atoms with Crippen LogP contribution in [0.25, 0.3) is 0 Å². The Morgan fingerprint density at radius 3 is 2.24 bits per heavy atom. The van der Waals surface area contributed by atoms with Gasteiger partial charge in [0.15, 0.2) is 0 Å². The number of carbonyl (C=O) groups is 2. The van der Waals surface area contributed by atoms with Gasteiger partial charge in [-0.1, -0.05) is 42.5 Å². The van der Waals surface area contributed by atoms with E-state index in [9.17, 15) is 18.0 Å². The van der Waals surface area contributed by atoms with Crippen LogP contribution in [0.1, 0.15) is 40.2 Å². The number of sulfonamides is 1. The zero-order valence-corrected chi connectivity index (χ0v) is 25.3. The number of amides is 2. The molecule has 0 saturated carbocycles. The summed E-state index contributed by atoms with van der Waals surface area (Å²) in [5.41, 5.74) is 0.412. The van der Waals surface area contributed by atoms with Crippen molar-refractivity contribution in [2.45, 2.75) is 57.6 Å². The highest BCUT2D eigenvalue weighted by atomic mass is 32.2. The van der Waals surface area contributed by atoms with Crippen molar-refractivity contribution in [3.05, 3.63) is 84.4 Å². The maximum Gasteiger partial charge on any atom is 0.264 e.